The second-order valence-electron chi connectivity index (χ2n) is 5.92. The Kier molecular flexibility index (Phi) is 5.17. The first-order valence-corrected chi connectivity index (χ1v) is 7.29. The molecule has 0 amide bonds. The van der Waals surface area contributed by atoms with E-state index in [-0.39, 0.29) is 0 Å². The minimum Gasteiger partial charge on any atom is -0.303 e. The molecule has 0 bridgehead atoms. The van der Waals surface area contributed by atoms with Gasteiger partial charge in [0.15, 0.2) is 0 Å². The van der Waals surface area contributed by atoms with E-state index in [1.54, 1.807) is 12.7 Å². The highest BCUT2D eigenvalue weighted by atomic mass is 15.3. The average Bonchev–Trinajstić information content (AvgIpc) is 2.80. The molecule has 4 nitrogen and oxygen atoms in total. The van der Waals surface area contributed by atoms with Crippen LogP contribution in [0.2, 0.25) is 0 Å². The van der Waals surface area contributed by atoms with Gasteiger partial charge in [-0.05, 0) is 37.6 Å². The normalized spacial score (nSPS) is 25.4. The van der Waals surface area contributed by atoms with Crippen LogP contribution in [0.4, 0.5) is 0 Å². The molecule has 2 atom stereocenters. The first-order valence-electron chi connectivity index (χ1n) is 7.29. The molecule has 0 spiro atoms. The molecular formula is C14H26N4. The van der Waals surface area contributed by atoms with Gasteiger partial charge in [0.25, 0.3) is 0 Å². The Morgan fingerprint density at radius 3 is 2.44 bits per heavy atom. The van der Waals surface area contributed by atoms with Crippen molar-refractivity contribution in [2.24, 2.45) is 11.8 Å². The third-order valence-corrected chi connectivity index (χ3v) is 3.77. The second-order valence-corrected chi connectivity index (χ2v) is 5.92. The molecule has 2 rings (SSSR count). The summed E-state index contributed by atoms with van der Waals surface area (Å²) in [6.45, 7) is 9.64. The van der Waals surface area contributed by atoms with Crippen LogP contribution in [-0.2, 0) is 6.54 Å². The number of hydrogen-bond acceptors (Lipinski definition) is 3. The molecule has 1 aliphatic heterocycles. The minimum atomic E-state index is 0.879. The van der Waals surface area contributed by atoms with Gasteiger partial charge in [-0.3, -0.25) is 4.68 Å². The molecule has 1 saturated heterocycles. The fourth-order valence-corrected chi connectivity index (χ4v) is 3.11. The predicted octanol–water partition coefficient (Wildman–Crippen LogP) is 2.43. The lowest BCUT2D eigenvalue weighted by atomic mass is 9.92. The zero-order valence-corrected chi connectivity index (χ0v) is 11.8. The van der Waals surface area contributed by atoms with Crippen LogP contribution in [-0.4, -0.2) is 39.3 Å². The summed E-state index contributed by atoms with van der Waals surface area (Å²) in [6.07, 6.45) is 8.63. The van der Waals surface area contributed by atoms with Gasteiger partial charge in [0.1, 0.15) is 12.7 Å². The van der Waals surface area contributed by atoms with Gasteiger partial charge in [-0.2, -0.15) is 5.10 Å². The molecule has 0 unspecified atom stereocenters. The zero-order chi connectivity index (χ0) is 12.8. The van der Waals surface area contributed by atoms with E-state index in [4.69, 9.17) is 0 Å². The Labute approximate surface area is 110 Å². The van der Waals surface area contributed by atoms with Crippen LogP contribution < -0.4 is 0 Å². The van der Waals surface area contributed by atoms with E-state index in [2.05, 4.69) is 28.8 Å². The van der Waals surface area contributed by atoms with Crippen LogP contribution in [0.25, 0.3) is 0 Å². The van der Waals surface area contributed by atoms with Gasteiger partial charge in [-0.1, -0.05) is 20.3 Å². The summed E-state index contributed by atoms with van der Waals surface area (Å²) in [7, 11) is 0. The highest BCUT2D eigenvalue weighted by molar-refractivity contribution is 4.74. The maximum Gasteiger partial charge on any atom is 0.137 e. The van der Waals surface area contributed by atoms with Gasteiger partial charge in [0.05, 0.1) is 0 Å². The van der Waals surface area contributed by atoms with Crippen molar-refractivity contribution in [1.82, 2.24) is 19.7 Å². The molecule has 1 aromatic heterocycles. The predicted molar refractivity (Wildman–Crippen MR) is 73.3 cm³/mol. The van der Waals surface area contributed by atoms with Crippen LogP contribution in [0, 0.1) is 11.8 Å². The summed E-state index contributed by atoms with van der Waals surface area (Å²) >= 11 is 0. The van der Waals surface area contributed by atoms with Gasteiger partial charge in [0.2, 0.25) is 0 Å². The molecule has 102 valence electrons. The van der Waals surface area contributed by atoms with Gasteiger partial charge < -0.3 is 4.90 Å². The summed E-state index contributed by atoms with van der Waals surface area (Å²) in [5.41, 5.74) is 0. The molecular weight excluding hydrogens is 224 g/mol. The Morgan fingerprint density at radius 2 is 1.78 bits per heavy atom. The maximum atomic E-state index is 4.12. The number of hydrogen-bond donors (Lipinski definition) is 0. The Bertz CT molecular complexity index is 313. The monoisotopic (exact) mass is 250 g/mol. The standard InChI is InChI=1S/C14H26N4/c1-13-8-14(2)10-17(9-13)6-4-3-5-7-18-12-15-11-16-18/h11-14H,3-10H2,1-2H3/t13-,14-/m1/s1. The van der Waals surface area contributed by atoms with Gasteiger partial charge in [0, 0.05) is 19.6 Å². The number of nitrogens with zero attached hydrogens (tertiary/aromatic N) is 4. The number of rotatable bonds is 6. The van der Waals surface area contributed by atoms with Gasteiger partial charge in [-0.15, -0.1) is 0 Å². The Balaban J connectivity index is 1.55. The summed E-state index contributed by atoms with van der Waals surface area (Å²) in [5, 5.41) is 4.12. The maximum absolute atomic E-state index is 4.12. The number of aromatic nitrogens is 3. The third kappa shape index (κ3) is 4.41. The van der Waals surface area contributed by atoms with Crippen LogP contribution in [0.15, 0.2) is 12.7 Å². The van der Waals surface area contributed by atoms with E-state index in [1.165, 1.54) is 45.3 Å². The number of piperidine rings is 1. The van der Waals surface area contributed by atoms with Crippen molar-refractivity contribution in [3.63, 3.8) is 0 Å². The van der Waals surface area contributed by atoms with Crippen molar-refractivity contribution in [3.8, 4) is 0 Å². The molecule has 0 aromatic carbocycles. The lowest BCUT2D eigenvalue weighted by Crippen LogP contribution is -2.39. The minimum absolute atomic E-state index is 0.879. The molecule has 1 aliphatic rings. The zero-order valence-electron chi connectivity index (χ0n) is 11.8. The molecule has 4 heteroatoms. The molecule has 0 aliphatic carbocycles. The lowest BCUT2D eigenvalue weighted by Gasteiger charge is -2.34. The van der Waals surface area contributed by atoms with E-state index < -0.39 is 0 Å². The second kappa shape index (κ2) is 6.88. The fraction of sp³-hybridized carbons (Fsp3) is 0.857. The van der Waals surface area contributed by atoms with Crippen molar-refractivity contribution in [2.75, 3.05) is 19.6 Å². The lowest BCUT2D eigenvalue weighted by molar-refractivity contribution is 0.138. The Morgan fingerprint density at radius 1 is 1.06 bits per heavy atom. The summed E-state index contributed by atoms with van der Waals surface area (Å²) in [5.74, 6) is 1.76. The van der Waals surface area contributed by atoms with Crippen molar-refractivity contribution in [3.05, 3.63) is 12.7 Å². The summed E-state index contributed by atoms with van der Waals surface area (Å²) in [4.78, 5) is 6.60. The van der Waals surface area contributed by atoms with Crippen molar-refractivity contribution in [2.45, 2.75) is 46.1 Å². The van der Waals surface area contributed by atoms with Crippen LogP contribution in [0.5, 0.6) is 0 Å². The molecule has 0 saturated carbocycles. The molecule has 2 heterocycles. The van der Waals surface area contributed by atoms with Gasteiger partial charge in [-0.25, -0.2) is 4.98 Å². The third-order valence-electron chi connectivity index (χ3n) is 3.77. The number of unbranched alkanes of at least 4 members (excludes halogenated alkanes) is 2. The highest BCUT2D eigenvalue weighted by Gasteiger charge is 2.20. The summed E-state index contributed by atoms with van der Waals surface area (Å²) < 4.78 is 1.92. The largest absolute Gasteiger partial charge is 0.303 e. The summed E-state index contributed by atoms with van der Waals surface area (Å²) in [6, 6.07) is 0. The van der Waals surface area contributed by atoms with Crippen LogP contribution in [0.1, 0.15) is 39.5 Å². The first kappa shape index (κ1) is 13.5. The van der Waals surface area contributed by atoms with E-state index in [0.29, 0.717) is 0 Å². The molecule has 1 aromatic rings. The molecule has 0 radical (unpaired) electrons. The quantitative estimate of drug-likeness (QED) is 0.727. The number of likely N-dealkylation sites (tertiary alicyclic amines) is 1. The van der Waals surface area contributed by atoms with Gasteiger partial charge >= 0.3 is 0 Å². The van der Waals surface area contributed by atoms with E-state index in [1.807, 2.05) is 4.68 Å². The highest BCUT2D eigenvalue weighted by Crippen LogP contribution is 2.21. The molecule has 1 fully saturated rings. The topological polar surface area (TPSA) is 34.0 Å². The first-order chi connectivity index (χ1) is 8.74. The average molecular weight is 250 g/mol. The van der Waals surface area contributed by atoms with Crippen molar-refractivity contribution >= 4 is 0 Å². The molecule has 0 N–H and O–H groups in total. The van der Waals surface area contributed by atoms with Crippen molar-refractivity contribution < 1.29 is 0 Å². The van der Waals surface area contributed by atoms with E-state index in [0.717, 1.165) is 18.4 Å². The Hall–Kier alpha value is -0.900. The SMILES string of the molecule is C[C@@H]1C[C@@H](C)CN(CCCCCn2cncn2)C1. The smallest absolute Gasteiger partial charge is 0.137 e. The fourth-order valence-electron chi connectivity index (χ4n) is 3.11. The van der Waals surface area contributed by atoms with E-state index in [9.17, 15) is 0 Å². The molecule has 18 heavy (non-hydrogen) atoms. The van der Waals surface area contributed by atoms with Crippen LogP contribution in [0.3, 0.4) is 0 Å². The van der Waals surface area contributed by atoms with Crippen LogP contribution >= 0.6 is 0 Å². The van der Waals surface area contributed by atoms with E-state index >= 15 is 0 Å². The van der Waals surface area contributed by atoms with Crippen molar-refractivity contribution in [1.29, 1.82) is 0 Å². The number of aryl methyl sites for hydroxylation is 1.